The minimum Gasteiger partial charge on any atom is -0.283 e. The lowest BCUT2D eigenvalue weighted by Gasteiger charge is -2.12. The van der Waals surface area contributed by atoms with Gasteiger partial charge < -0.3 is 0 Å². The smallest absolute Gasteiger partial charge is 0.263 e. The summed E-state index contributed by atoms with van der Waals surface area (Å²) < 4.78 is 1.75. The van der Waals surface area contributed by atoms with Gasteiger partial charge in [0.1, 0.15) is 4.83 Å². The number of nitrogens with zero attached hydrogens (tertiary/aromatic N) is 2. The van der Waals surface area contributed by atoms with Gasteiger partial charge in [0.2, 0.25) is 0 Å². The number of rotatable bonds is 6. The zero-order chi connectivity index (χ0) is 22.1. The fraction of sp³-hybridized carbons (Fsp3) is 0.111. The highest BCUT2D eigenvalue weighted by Crippen LogP contribution is 2.33. The number of thioether (sulfide) groups is 1. The van der Waals surface area contributed by atoms with Crippen molar-refractivity contribution in [2.45, 2.75) is 24.4 Å². The number of fused-ring (bicyclic) bond motifs is 2. The van der Waals surface area contributed by atoms with E-state index in [1.54, 1.807) is 22.4 Å². The van der Waals surface area contributed by atoms with Gasteiger partial charge in [0.05, 0.1) is 5.39 Å². The van der Waals surface area contributed by atoms with Crippen LogP contribution in [0.3, 0.4) is 0 Å². The molecule has 0 amide bonds. The number of allylic oxidation sites excluding steroid dienone is 1. The highest BCUT2D eigenvalue weighted by atomic mass is 32.2. The van der Waals surface area contributed by atoms with Gasteiger partial charge in [-0.25, -0.2) is 4.98 Å². The lowest BCUT2D eigenvalue weighted by Crippen LogP contribution is -2.22. The van der Waals surface area contributed by atoms with Crippen LogP contribution in [0.15, 0.2) is 94.7 Å². The Hall–Kier alpha value is -3.15. The van der Waals surface area contributed by atoms with E-state index >= 15 is 0 Å². The van der Waals surface area contributed by atoms with Crippen LogP contribution in [-0.2, 0) is 12.3 Å². The van der Waals surface area contributed by atoms with E-state index in [4.69, 9.17) is 4.98 Å². The Morgan fingerprint density at radius 3 is 2.66 bits per heavy atom. The summed E-state index contributed by atoms with van der Waals surface area (Å²) in [5, 5.41) is 5.92. The third-order valence-electron chi connectivity index (χ3n) is 5.57. The molecule has 5 rings (SSSR count). The Labute approximate surface area is 195 Å². The van der Waals surface area contributed by atoms with Crippen molar-refractivity contribution < 1.29 is 0 Å². The molecule has 0 N–H and O–H groups in total. The molecule has 0 saturated heterocycles. The normalized spacial score (nSPS) is 11.3. The van der Waals surface area contributed by atoms with E-state index < -0.39 is 0 Å². The number of aromatic nitrogens is 2. The van der Waals surface area contributed by atoms with Crippen LogP contribution in [0.1, 0.15) is 11.1 Å². The van der Waals surface area contributed by atoms with Gasteiger partial charge >= 0.3 is 0 Å². The van der Waals surface area contributed by atoms with Crippen molar-refractivity contribution in [1.29, 1.82) is 0 Å². The van der Waals surface area contributed by atoms with Crippen molar-refractivity contribution in [3.8, 4) is 11.1 Å². The van der Waals surface area contributed by atoms with Crippen LogP contribution in [0, 0.1) is 6.92 Å². The molecule has 32 heavy (non-hydrogen) atoms. The first-order chi connectivity index (χ1) is 15.7. The van der Waals surface area contributed by atoms with Crippen LogP contribution in [0.2, 0.25) is 0 Å². The fourth-order valence-corrected chi connectivity index (χ4v) is 5.91. The standard InChI is InChI=1S/C27H22N2OS2/c1-3-15-29-26(30)24-23(20-13-11-18(2)12-14-20)17-31-25(24)28-27(29)32-16-21-9-6-8-19-7-4-5-10-22(19)21/h3-14,17H,1,15-16H2,2H3. The van der Waals surface area contributed by atoms with Crippen LogP contribution >= 0.6 is 23.1 Å². The molecule has 0 bridgehead atoms. The summed E-state index contributed by atoms with van der Waals surface area (Å²) in [6.07, 6.45) is 1.76. The van der Waals surface area contributed by atoms with Crippen molar-refractivity contribution in [3.63, 3.8) is 0 Å². The number of hydrogen-bond donors (Lipinski definition) is 0. The second kappa shape index (κ2) is 8.77. The molecule has 0 unspecified atom stereocenters. The first-order valence-electron chi connectivity index (χ1n) is 10.4. The zero-order valence-electron chi connectivity index (χ0n) is 17.7. The molecule has 0 aliphatic carbocycles. The molecular formula is C27H22N2OS2. The Morgan fingerprint density at radius 1 is 1.06 bits per heavy atom. The van der Waals surface area contributed by atoms with E-state index in [0.717, 1.165) is 26.9 Å². The molecule has 0 radical (unpaired) electrons. The van der Waals surface area contributed by atoms with Gasteiger partial charge in [-0.05, 0) is 28.8 Å². The second-order valence-electron chi connectivity index (χ2n) is 7.72. The van der Waals surface area contributed by atoms with Gasteiger partial charge in [0, 0.05) is 23.2 Å². The third-order valence-corrected chi connectivity index (χ3v) is 7.47. The van der Waals surface area contributed by atoms with Crippen molar-refractivity contribution in [2.75, 3.05) is 0 Å². The van der Waals surface area contributed by atoms with E-state index in [1.165, 1.54) is 33.2 Å². The molecule has 0 aliphatic rings. The number of thiophene rings is 1. The van der Waals surface area contributed by atoms with Gasteiger partial charge in [-0.2, -0.15) is 0 Å². The summed E-state index contributed by atoms with van der Waals surface area (Å²) >= 11 is 3.13. The predicted molar refractivity (Wildman–Crippen MR) is 138 cm³/mol. The molecule has 0 saturated carbocycles. The molecule has 0 spiro atoms. The first kappa shape index (κ1) is 20.7. The molecule has 5 aromatic rings. The number of benzene rings is 3. The molecule has 0 atom stereocenters. The van der Waals surface area contributed by atoms with Crippen molar-refractivity contribution in [3.05, 3.63) is 106 Å². The molecule has 158 valence electrons. The van der Waals surface area contributed by atoms with E-state index in [9.17, 15) is 4.79 Å². The minimum absolute atomic E-state index is 0.00727. The van der Waals surface area contributed by atoms with Crippen molar-refractivity contribution in [1.82, 2.24) is 9.55 Å². The summed E-state index contributed by atoms with van der Waals surface area (Å²) in [7, 11) is 0. The highest BCUT2D eigenvalue weighted by Gasteiger charge is 2.17. The molecule has 2 aromatic heterocycles. The monoisotopic (exact) mass is 454 g/mol. The quantitative estimate of drug-likeness (QED) is 0.156. The Bertz CT molecular complexity index is 1490. The van der Waals surface area contributed by atoms with E-state index in [0.29, 0.717) is 11.9 Å². The van der Waals surface area contributed by atoms with Crippen LogP contribution in [-0.4, -0.2) is 9.55 Å². The molecule has 0 fully saturated rings. The average Bonchev–Trinajstić information content (AvgIpc) is 3.24. The minimum atomic E-state index is -0.00727. The van der Waals surface area contributed by atoms with E-state index in [1.807, 2.05) is 5.38 Å². The molecule has 3 aromatic carbocycles. The molecular weight excluding hydrogens is 432 g/mol. The summed E-state index contributed by atoms with van der Waals surface area (Å²) in [6, 6.07) is 23.0. The highest BCUT2D eigenvalue weighted by molar-refractivity contribution is 7.98. The number of aryl methyl sites for hydroxylation is 1. The van der Waals surface area contributed by atoms with Gasteiger partial charge in [0.25, 0.3) is 5.56 Å². The average molecular weight is 455 g/mol. The maximum atomic E-state index is 13.6. The van der Waals surface area contributed by atoms with Crippen LogP contribution < -0.4 is 5.56 Å². The zero-order valence-corrected chi connectivity index (χ0v) is 19.4. The van der Waals surface area contributed by atoms with E-state index in [2.05, 4.69) is 80.2 Å². The Morgan fingerprint density at radius 2 is 1.84 bits per heavy atom. The lowest BCUT2D eigenvalue weighted by molar-refractivity contribution is 0.673. The largest absolute Gasteiger partial charge is 0.283 e. The fourth-order valence-electron chi connectivity index (χ4n) is 3.91. The maximum absolute atomic E-state index is 13.6. The Balaban J connectivity index is 1.57. The SMILES string of the molecule is C=CCn1c(SCc2cccc3ccccc23)nc2scc(-c3ccc(C)cc3)c2c1=O. The molecule has 2 heterocycles. The first-order valence-corrected chi connectivity index (χ1v) is 12.3. The predicted octanol–water partition coefficient (Wildman–Crippen LogP) is 7.06. The summed E-state index contributed by atoms with van der Waals surface area (Å²) in [5.41, 5.74) is 4.42. The van der Waals surface area contributed by atoms with Crippen LogP contribution in [0.5, 0.6) is 0 Å². The molecule has 3 nitrogen and oxygen atoms in total. The summed E-state index contributed by atoms with van der Waals surface area (Å²) in [6.45, 7) is 6.36. The van der Waals surface area contributed by atoms with Gasteiger partial charge in [-0.15, -0.1) is 17.9 Å². The van der Waals surface area contributed by atoms with Gasteiger partial charge in [-0.3, -0.25) is 9.36 Å². The van der Waals surface area contributed by atoms with Gasteiger partial charge in [-0.1, -0.05) is 90.1 Å². The summed E-state index contributed by atoms with van der Waals surface area (Å²) in [4.78, 5) is 19.2. The molecule has 0 aliphatic heterocycles. The topological polar surface area (TPSA) is 34.9 Å². The Kier molecular flexibility index (Phi) is 5.68. The van der Waals surface area contributed by atoms with Gasteiger partial charge in [0.15, 0.2) is 5.16 Å². The maximum Gasteiger partial charge on any atom is 0.263 e. The summed E-state index contributed by atoms with van der Waals surface area (Å²) in [5.74, 6) is 0.743. The molecule has 5 heteroatoms. The van der Waals surface area contributed by atoms with Crippen molar-refractivity contribution >= 4 is 44.1 Å². The van der Waals surface area contributed by atoms with Crippen molar-refractivity contribution in [2.24, 2.45) is 0 Å². The van der Waals surface area contributed by atoms with E-state index in [-0.39, 0.29) is 5.56 Å². The number of hydrogen-bond acceptors (Lipinski definition) is 4. The van der Waals surface area contributed by atoms with Crippen LogP contribution in [0.25, 0.3) is 32.1 Å². The third kappa shape index (κ3) is 3.78. The lowest BCUT2D eigenvalue weighted by atomic mass is 10.1. The second-order valence-corrected chi connectivity index (χ2v) is 9.52. The van der Waals surface area contributed by atoms with Crippen LogP contribution in [0.4, 0.5) is 0 Å².